The van der Waals surface area contributed by atoms with Crippen LogP contribution in [0, 0.1) is 5.92 Å². The molecule has 1 fully saturated rings. The smallest absolute Gasteiger partial charge is 0.243 e. The van der Waals surface area contributed by atoms with Gasteiger partial charge < -0.3 is 15.4 Å². The molecule has 0 unspecified atom stereocenters. The van der Waals surface area contributed by atoms with Gasteiger partial charge in [0, 0.05) is 11.1 Å². The fourth-order valence-corrected chi connectivity index (χ4v) is 2.52. The van der Waals surface area contributed by atoms with Gasteiger partial charge >= 0.3 is 0 Å². The third-order valence-electron chi connectivity index (χ3n) is 3.28. The second-order valence-corrected chi connectivity index (χ2v) is 5.57. The van der Waals surface area contributed by atoms with Gasteiger partial charge in [-0.05, 0) is 41.4 Å². The Morgan fingerprint density at radius 3 is 2.80 bits per heavy atom. The van der Waals surface area contributed by atoms with Gasteiger partial charge in [-0.15, -0.1) is 0 Å². The van der Waals surface area contributed by atoms with E-state index in [2.05, 4.69) is 26.6 Å². The monoisotopic (exact) mass is 340 g/mol. The Labute approximate surface area is 126 Å². The molecule has 1 aromatic rings. The molecule has 0 aliphatic carbocycles. The van der Waals surface area contributed by atoms with Crippen molar-refractivity contribution >= 4 is 33.4 Å². The maximum Gasteiger partial charge on any atom is 0.243 e. The van der Waals surface area contributed by atoms with Crippen LogP contribution < -0.4 is 10.6 Å². The SMILES string of the molecule is C[C@H]1OCC[C@@H]1C(=O)NCC(=O)Nc1ccccc1Br. The van der Waals surface area contributed by atoms with Crippen molar-refractivity contribution in [3.05, 3.63) is 28.7 Å². The van der Waals surface area contributed by atoms with Crippen LogP contribution in [0.2, 0.25) is 0 Å². The molecule has 1 aromatic carbocycles. The molecule has 2 amide bonds. The normalized spacial score (nSPS) is 21.5. The van der Waals surface area contributed by atoms with E-state index in [0.717, 1.165) is 4.47 Å². The average Bonchev–Trinajstić information content (AvgIpc) is 2.85. The summed E-state index contributed by atoms with van der Waals surface area (Å²) in [5, 5.41) is 5.38. The highest BCUT2D eigenvalue weighted by molar-refractivity contribution is 9.10. The first-order valence-electron chi connectivity index (χ1n) is 6.51. The number of nitrogens with one attached hydrogen (secondary N) is 2. The van der Waals surface area contributed by atoms with Gasteiger partial charge in [-0.3, -0.25) is 9.59 Å². The summed E-state index contributed by atoms with van der Waals surface area (Å²) in [5.41, 5.74) is 0.685. The molecule has 1 heterocycles. The highest BCUT2D eigenvalue weighted by atomic mass is 79.9. The van der Waals surface area contributed by atoms with Crippen molar-refractivity contribution in [3.63, 3.8) is 0 Å². The molecule has 1 aliphatic rings. The summed E-state index contributed by atoms with van der Waals surface area (Å²) in [5.74, 6) is -0.541. The first-order valence-corrected chi connectivity index (χ1v) is 7.31. The van der Waals surface area contributed by atoms with Crippen LogP contribution >= 0.6 is 15.9 Å². The van der Waals surface area contributed by atoms with Crippen LogP contribution in [0.1, 0.15) is 13.3 Å². The summed E-state index contributed by atoms with van der Waals surface area (Å²) in [6, 6.07) is 7.32. The van der Waals surface area contributed by atoms with Crippen molar-refractivity contribution < 1.29 is 14.3 Å². The molecule has 20 heavy (non-hydrogen) atoms. The summed E-state index contributed by atoms with van der Waals surface area (Å²) in [6.45, 7) is 2.43. The van der Waals surface area contributed by atoms with Crippen molar-refractivity contribution in [2.75, 3.05) is 18.5 Å². The maximum atomic E-state index is 11.9. The second kappa shape index (κ2) is 6.85. The molecule has 0 radical (unpaired) electrons. The first-order chi connectivity index (χ1) is 9.58. The molecule has 2 N–H and O–H groups in total. The Hall–Kier alpha value is -1.40. The number of anilines is 1. The third kappa shape index (κ3) is 3.80. The van der Waals surface area contributed by atoms with Crippen LogP contribution in [0.4, 0.5) is 5.69 Å². The van der Waals surface area contributed by atoms with Crippen molar-refractivity contribution in [3.8, 4) is 0 Å². The molecule has 108 valence electrons. The minimum atomic E-state index is -0.253. The van der Waals surface area contributed by atoms with E-state index >= 15 is 0 Å². The summed E-state index contributed by atoms with van der Waals surface area (Å²) in [7, 11) is 0. The number of carbonyl (C=O) groups excluding carboxylic acids is 2. The molecule has 5 nitrogen and oxygen atoms in total. The van der Waals surface area contributed by atoms with Crippen LogP contribution in [0.5, 0.6) is 0 Å². The third-order valence-corrected chi connectivity index (χ3v) is 3.98. The van der Waals surface area contributed by atoms with Crippen LogP contribution in [0.25, 0.3) is 0 Å². The zero-order valence-corrected chi connectivity index (χ0v) is 12.8. The summed E-state index contributed by atoms with van der Waals surface area (Å²) < 4.78 is 6.14. The molecule has 1 saturated heterocycles. The molecule has 0 spiro atoms. The van der Waals surface area contributed by atoms with Gasteiger partial charge in [0.05, 0.1) is 24.3 Å². The number of para-hydroxylation sites is 1. The zero-order chi connectivity index (χ0) is 14.5. The highest BCUT2D eigenvalue weighted by Gasteiger charge is 2.30. The van der Waals surface area contributed by atoms with Gasteiger partial charge in [0.25, 0.3) is 0 Å². The number of benzene rings is 1. The van der Waals surface area contributed by atoms with E-state index < -0.39 is 0 Å². The number of rotatable bonds is 4. The Morgan fingerprint density at radius 1 is 1.40 bits per heavy atom. The largest absolute Gasteiger partial charge is 0.378 e. The van der Waals surface area contributed by atoms with E-state index in [1.807, 2.05) is 25.1 Å². The average molecular weight is 341 g/mol. The quantitative estimate of drug-likeness (QED) is 0.879. The number of amides is 2. The molecule has 2 atom stereocenters. The van der Waals surface area contributed by atoms with Crippen LogP contribution in [0.15, 0.2) is 28.7 Å². The lowest BCUT2D eigenvalue weighted by Crippen LogP contribution is -2.38. The van der Waals surface area contributed by atoms with Crippen molar-refractivity contribution in [1.82, 2.24) is 5.32 Å². The Balaban J connectivity index is 1.81. The van der Waals surface area contributed by atoms with E-state index in [-0.39, 0.29) is 30.4 Å². The lowest BCUT2D eigenvalue weighted by molar-refractivity contribution is -0.128. The van der Waals surface area contributed by atoms with Crippen molar-refractivity contribution in [2.45, 2.75) is 19.4 Å². The zero-order valence-electron chi connectivity index (χ0n) is 11.2. The number of ether oxygens (including phenoxy) is 1. The van der Waals surface area contributed by atoms with Gasteiger partial charge in [0.2, 0.25) is 11.8 Å². The topological polar surface area (TPSA) is 67.4 Å². The van der Waals surface area contributed by atoms with Gasteiger partial charge in [0.15, 0.2) is 0 Å². The summed E-state index contributed by atoms with van der Waals surface area (Å²) in [4.78, 5) is 23.7. The molecule has 1 aliphatic heterocycles. The molecular weight excluding hydrogens is 324 g/mol. The minimum absolute atomic E-state index is 0.0383. The van der Waals surface area contributed by atoms with E-state index in [4.69, 9.17) is 4.74 Å². The predicted molar refractivity (Wildman–Crippen MR) is 79.3 cm³/mol. The van der Waals surface area contributed by atoms with E-state index in [9.17, 15) is 9.59 Å². The minimum Gasteiger partial charge on any atom is -0.378 e. The Bertz CT molecular complexity index is 507. The fourth-order valence-electron chi connectivity index (χ4n) is 2.13. The molecule has 0 saturated carbocycles. The van der Waals surface area contributed by atoms with Gasteiger partial charge in [-0.1, -0.05) is 12.1 Å². The molecule has 0 aromatic heterocycles. The maximum absolute atomic E-state index is 11.9. The first kappa shape index (κ1) is 15.0. The lowest BCUT2D eigenvalue weighted by Gasteiger charge is -2.14. The predicted octanol–water partition coefficient (Wildman–Crippen LogP) is 1.93. The van der Waals surface area contributed by atoms with Crippen LogP contribution in [-0.4, -0.2) is 31.1 Å². The number of halogens is 1. The van der Waals surface area contributed by atoms with Crippen LogP contribution in [0.3, 0.4) is 0 Å². The van der Waals surface area contributed by atoms with Gasteiger partial charge in [-0.25, -0.2) is 0 Å². The molecule has 2 rings (SSSR count). The van der Waals surface area contributed by atoms with E-state index in [1.165, 1.54) is 0 Å². The van der Waals surface area contributed by atoms with E-state index in [0.29, 0.717) is 18.7 Å². The van der Waals surface area contributed by atoms with Gasteiger partial charge in [-0.2, -0.15) is 0 Å². The Morgan fingerprint density at radius 2 is 2.15 bits per heavy atom. The Kier molecular flexibility index (Phi) is 5.14. The van der Waals surface area contributed by atoms with Crippen molar-refractivity contribution in [1.29, 1.82) is 0 Å². The lowest BCUT2D eigenvalue weighted by atomic mass is 10.0. The summed E-state index contributed by atoms with van der Waals surface area (Å²) >= 11 is 3.35. The standard InChI is InChI=1S/C14H17BrN2O3/c1-9-10(6-7-20-9)14(19)16-8-13(18)17-12-5-3-2-4-11(12)15/h2-5,9-10H,6-8H2,1H3,(H,16,19)(H,17,18)/t9-,10+/m1/s1. The second-order valence-electron chi connectivity index (χ2n) is 4.72. The van der Waals surface area contributed by atoms with Gasteiger partial charge in [0.1, 0.15) is 0 Å². The number of hydrogen-bond acceptors (Lipinski definition) is 3. The number of carbonyl (C=O) groups is 2. The number of hydrogen-bond donors (Lipinski definition) is 2. The summed E-state index contributed by atoms with van der Waals surface area (Å²) in [6.07, 6.45) is 0.625. The highest BCUT2D eigenvalue weighted by Crippen LogP contribution is 2.21. The van der Waals surface area contributed by atoms with Crippen LogP contribution in [-0.2, 0) is 14.3 Å². The molecule has 0 bridgehead atoms. The molecule has 6 heteroatoms. The fraction of sp³-hybridized carbons (Fsp3) is 0.429. The molecular formula is C14H17BrN2O3. The van der Waals surface area contributed by atoms with Crippen molar-refractivity contribution in [2.24, 2.45) is 5.92 Å². The van der Waals surface area contributed by atoms with E-state index in [1.54, 1.807) is 6.07 Å².